The lowest BCUT2D eigenvalue weighted by Gasteiger charge is -2.06. The second kappa shape index (κ2) is 6.38. The number of aryl methyl sites for hydroxylation is 1. The predicted molar refractivity (Wildman–Crippen MR) is 81.9 cm³/mol. The summed E-state index contributed by atoms with van der Waals surface area (Å²) in [7, 11) is 0. The summed E-state index contributed by atoms with van der Waals surface area (Å²) in [6, 6.07) is 7.76. The van der Waals surface area contributed by atoms with Crippen molar-refractivity contribution < 1.29 is 4.74 Å². The van der Waals surface area contributed by atoms with E-state index in [-0.39, 0.29) is 0 Å². The number of aromatic nitrogens is 6. The molecule has 0 unspecified atom stereocenters. The SMILES string of the molecule is CCCc1nc(-c2cn[nH]n2)n(-c2ccc(OCC)cc2)n1. The van der Waals surface area contributed by atoms with Crippen molar-refractivity contribution >= 4 is 0 Å². The second-order valence-electron chi connectivity index (χ2n) is 4.80. The van der Waals surface area contributed by atoms with Crippen LogP contribution in [-0.4, -0.2) is 36.8 Å². The van der Waals surface area contributed by atoms with E-state index in [9.17, 15) is 0 Å². The molecule has 22 heavy (non-hydrogen) atoms. The van der Waals surface area contributed by atoms with E-state index in [4.69, 9.17) is 4.74 Å². The largest absolute Gasteiger partial charge is 0.494 e. The fraction of sp³-hybridized carbons (Fsp3) is 0.333. The summed E-state index contributed by atoms with van der Waals surface area (Å²) in [5.41, 5.74) is 1.58. The number of nitrogens with zero attached hydrogens (tertiary/aromatic N) is 5. The number of hydrogen-bond donors (Lipinski definition) is 1. The normalized spacial score (nSPS) is 10.8. The van der Waals surface area contributed by atoms with Crippen molar-refractivity contribution in [2.45, 2.75) is 26.7 Å². The van der Waals surface area contributed by atoms with Crippen molar-refractivity contribution in [3.05, 3.63) is 36.3 Å². The first-order valence-corrected chi connectivity index (χ1v) is 7.37. The first-order chi connectivity index (χ1) is 10.8. The zero-order valence-electron chi connectivity index (χ0n) is 12.7. The van der Waals surface area contributed by atoms with Gasteiger partial charge in [-0.25, -0.2) is 9.67 Å². The number of H-pyrrole nitrogens is 1. The third-order valence-corrected chi connectivity index (χ3v) is 3.16. The average Bonchev–Trinajstić information content (AvgIpc) is 3.18. The van der Waals surface area contributed by atoms with Crippen LogP contribution in [0.3, 0.4) is 0 Å². The molecule has 0 aliphatic heterocycles. The Labute approximate surface area is 128 Å². The molecule has 0 atom stereocenters. The quantitative estimate of drug-likeness (QED) is 0.755. The van der Waals surface area contributed by atoms with Gasteiger partial charge in [0.15, 0.2) is 11.6 Å². The van der Waals surface area contributed by atoms with Crippen molar-refractivity contribution in [3.8, 4) is 23.0 Å². The maximum absolute atomic E-state index is 5.47. The minimum absolute atomic E-state index is 0.646. The molecule has 0 amide bonds. The molecule has 7 nitrogen and oxygen atoms in total. The Hall–Kier alpha value is -2.70. The van der Waals surface area contributed by atoms with Gasteiger partial charge in [-0.15, -0.1) is 0 Å². The average molecular weight is 298 g/mol. The van der Waals surface area contributed by atoms with Crippen molar-refractivity contribution in [2.75, 3.05) is 6.61 Å². The molecule has 2 aromatic heterocycles. The zero-order chi connectivity index (χ0) is 15.4. The standard InChI is InChI=1S/C15H18N6O/c1-3-5-14-17-15(13-10-16-20-18-13)21(19-14)11-6-8-12(9-7-11)22-4-2/h6-10H,3-5H2,1-2H3,(H,16,18,20). The molecule has 0 spiro atoms. The Morgan fingerprint density at radius 1 is 1.18 bits per heavy atom. The van der Waals surface area contributed by atoms with Crippen LogP contribution in [-0.2, 0) is 6.42 Å². The Morgan fingerprint density at radius 3 is 2.64 bits per heavy atom. The lowest BCUT2D eigenvalue weighted by molar-refractivity contribution is 0.340. The van der Waals surface area contributed by atoms with E-state index in [1.807, 2.05) is 31.2 Å². The summed E-state index contributed by atoms with van der Waals surface area (Å²) in [5.74, 6) is 2.32. The molecule has 1 aromatic carbocycles. The fourth-order valence-corrected chi connectivity index (χ4v) is 2.19. The Bertz CT molecular complexity index is 717. The molecule has 2 heterocycles. The molecule has 3 aromatic rings. The highest BCUT2D eigenvalue weighted by atomic mass is 16.5. The van der Waals surface area contributed by atoms with E-state index in [0.717, 1.165) is 30.1 Å². The predicted octanol–water partition coefficient (Wildman–Crippen LogP) is 2.40. The number of hydrogen-bond acceptors (Lipinski definition) is 5. The summed E-state index contributed by atoms with van der Waals surface area (Å²) in [6.07, 6.45) is 3.46. The lowest BCUT2D eigenvalue weighted by Crippen LogP contribution is -2.00. The maximum atomic E-state index is 5.47. The minimum atomic E-state index is 0.646. The van der Waals surface area contributed by atoms with Gasteiger partial charge in [-0.1, -0.05) is 6.92 Å². The minimum Gasteiger partial charge on any atom is -0.494 e. The third-order valence-electron chi connectivity index (χ3n) is 3.16. The van der Waals surface area contributed by atoms with Crippen LogP contribution in [0.5, 0.6) is 5.75 Å². The van der Waals surface area contributed by atoms with Crippen LogP contribution in [0.1, 0.15) is 26.1 Å². The first-order valence-electron chi connectivity index (χ1n) is 7.37. The van der Waals surface area contributed by atoms with E-state index < -0.39 is 0 Å². The first kappa shape index (κ1) is 14.2. The topological polar surface area (TPSA) is 81.5 Å². The number of nitrogens with one attached hydrogen (secondary N) is 1. The van der Waals surface area contributed by atoms with Gasteiger partial charge in [0.1, 0.15) is 11.4 Å². The highest BCUT2D eigenvalue weighted by Gasteiger charge is 2.15. The van der Waals surface area contributed by atoms with Crippen molar-refractivity contribution in [1.29, 1.82) is 0 Å². The molecule has 0 bridgehead atoms. The molecule has 0 fully saturated rings. The van der Waals surface area contributed by atoms with E-state index in [0.29, 0.717) is 18.1 Å². The van der Waals surface area contributed by atoms with E-state index in [2.05, 4.69) is 32.4 Å². The van der Waals surface area contributed by atoms with Crippen LogP contribution in [0.25, 0.3) is 17.2 Å². The van der Waals surface area contributed by atoms with Crippen LogP contribution >= 0.6 is 0 Å². The van der Waals surface area contributed by atoms with Gasteiger partial charge in [-0.2, -0.15) is 20.5 Å². The van der Waals surface area contributed by atoms with Crippen molar-refractivity contribution in [3.63, 3.8) is 0 Å². The van der Waals surface area contributed by atoms with Gasteiger partial charge in [-0.05, 0) is 37.6 Å². The molecule has 7 heteroatoms. The van der Waals surface area contributed by atoms with Gasteiger partial charge in [0.05, 0.1) is 18.5 Å². The zero-order valence-corrected chi connectivity index (χ0v) is 12.7. The van der Waals surface area contributed by atoms with Gasteiger partial charge in [-0.3, -0.25) is 0 Å². The summed E-state index contributed by atoms with van der Waals surface area (Å²) in [5, 5.41) is 15.2. The molecule has 0 saturated carbocycles. The van der Waals surface area contributed by atoms with Crippen LogP contribution in [0.15, 0.2) is 30.5 Å². The van der Waals surface area contributed by atoms with Gasteiger partial charge in [0.25, 0.3) is 0 Å². The molecule has 114 valence electrons. The lowest BCUT2D eigenvalue weighted by atomic mass is 10.3. The second-order valence-corrected chi connectivity index (χ2v) is 4.80. The Morgan fingerprint density at radius 2 is 2.00 bits per heavy atom. The summed E-state index contributed by atoms with van der Waals surface area (Å²) in [6.45, 7) is 4.71. The summed E-state index contributed by atoms with van der Waals surface area (Å²) in [4.78, 5) is 4.58. The smallest absolute Gasteiger partial charge is 0.185 e. The van der Waals surface area contributed by atoms with E-state index in [1.54, 1.807) is 10.9 Å². The molecular formula is C15H18N6O. The molecule has 0 saturated heterocycles. The molecule has 3 rings (SSSR count). The number of ether oxygens (including phenoxy) is 1. The van der Waals surface area contributed by atoms with Gasteiger partial charge in [0, 0.05) is 6.42 Å². The van der Waals surface area contributed by atoms with E-state index >= 15 is 0 Å². The molecule has 0 aliphatic carbocycles. The van der Waals surface area contributed by atoms with Crippen LogP contribution < -0.4 is 4.74 Å². The Balaban J connectivity index is 2.01. The van der Waals surface area contributed by atoms with Gasteiger partial charge < -0.3 is 4.74 Å². The van der Waals surface area contributed by atoms with Crippen molar-refractivity contribution in [1.82, 2.24) is 30.2 Å². The highest BCUT2D eigenvalue weighted by molar-refractivity contribution is 5.52. The maximum Gasteiger partial charge on any atom is 0.185 e. The van der Waals surface area contributed by atoms with Crippen LogP contribution in [0, 0.1) is 0 Å². The number of aromatic amines is 1. The number of rotatable bonds is 6. The van der Waals surface area contributed by atoms with E-state index in [1.165, 1.54) is 0 Å². The van der Waals surface area contributed by atoms with Gasteiger partial charge in [0.2, 0.25) is 0 Å². The van der Waals surface area contributed by atoms with Crippen LogP contribution in [0.2, 0.25) is 0 Å². The molecule has 1 N–H and O–H groups in total. The third kappa shape index (κ3) is 2.83. The number of benzene rings is 1. The summed E-state index contributed by atoms with van der Waals surface area (Å²) < 4.78 is 7.26. The summed E-state index contributed by atoms with van der Waals surface area (Å²) >= 11 is 0. The molecule has 0 aliphatic rings. The highest BCUT2D eigenvalue weighted by Crippen LogP contribution is 2.21. The fourth-order valence-electron chi connectivity index (χ4n) is 2.19. The molecule has 0 radical (unpaired) electrons. The van der Waals surface area contributed by atoms with Crippen molar-refractivity contribution in [2.24, 2.45) is 0 Å². The van der Waals surface area contributed by atoms with Crippen LogP contribution in [0.4, 0.5) is 0 Å². The van der Waals surface area contributed by atoms with Gasteiger partial charge >= 0.3 is 0 Å². The Kier molecular flexibility index (Phi) is 4.13. The monoisotopic (exact) mass is 298 g/mol. The molecular weight excluding hydrogens is 280 g/mol.